The molecular formula is C67H58N4O. The van der Waals surface area contributed by atoms with Crippen LogP contribution in [0.15, 0.2) is 188 Å². The fourth-order valence-electron chi connectivity index (χ4n) is 12.1. The van der Waals surface area contributed by atoms with E-state index >= 15 is 0 Å². The van der Waals surface area contributed by atoms with E-state index in [1.165, 1.54) is 68.3 Å². The third-order valence-corrected chi connectivity index (χ3v) is 15.9. The van der Waals surface area contributed by atoms with Gasteiger partial charge >= 0.3 is 0 Å². The summed E-state index contributed by atoms with van der Waals surface area (Å²) in [6.45, 7) is 16.5. The van der Waals surface area contributed by atoms with Gasteiger partial charge in [-0.3, -0.25) is 13.7 Å². The molecule has 352 valence electrons. The zero-order valence-corrected chi connectivity index (χ0v) is 42.2. The van der Waals surface area contributed by atoms with Gasteiger partial charge in [0.05, 0.1) is 33.4 Å². The topological polar surface area (TPSA) is 35.9 Å². The van der Waals surface area contributed by atoms with Gasteiger partial charge in [0.15, 0.2) is 0 Å². The Balaban J connectivity index is 0.998. The lowest BCUT2D eigenvalue weighted by molar-refractivity contribution is -0.570. The quantitative estimate of drug-likeness (QED) is 0.0979. The Labute approximate surface area is 422 Å². The Morgan fingerprint density at radius 3 is 1.92 bits per heavy atom. The van der Waals surface area contributed by atoms with Gasteiger partial charge in [-0.2, -0.15) is 0 Å². The molecule has 0 fully saturated rings. The highest BCUT2D eigenvalue weighted by Crippen LogP contribution is 2.48. The van der Waals surface area contributed by atoms with Gasteiger partial charge in [-0.25, -0.2) is 4.98 Å². The molecule has 0 unspecified atom stereocenters. The van der Waals surface area contributed by atoms with Gasteiger partial charge in [0.1, 0.15) is 17.3 Å². The minimum atomic E-state index is -0.0217. The Morgan fingerprint density at radius 2 is 1.14 bits per heavy atom. The Bertz CT molecular complexity index is 3990. The first-order chi connectivity index (χ1) is 34.8. The van der Waals surface area contributed by atoms with Gasteiger partial charge in [-0.15, -0.1) is 0 Å². The molecule has 5 heteroatoms. The number of fused-ring (bicyclic) bond motifs is 11. The number of benzene rings is 8. The number of aromatic nitrogens is 4. The van der Waals surface area contributed by atoms with E-state index in [-0.39, 0.29) is 16.2 Å². The molecular weight excluding hydrogens is 877 g/mol. The smallest absolute Gasteiger partial charge is 0.269 e. The second-order valence-corrected chi connectivity index (χ2v) is 22.4. The van der Waals surface area contributed by atoms with Gasteiger partial charge in [0.2, 0.25) is 0 Å². The van der Waals surface area contributed by atoms with Crippen molar-refractivity contribution in [3.8, 4) is 73.2 Å². The minimum Gasteiger partial charge on any atom is -0.458 e. The molecule has 0 saturated heterocycles. The van der Waals surface area contributed by atoms with Crippen LogP contribution in [0.1, 0.15) is 84.4 Å². The van der Waals surface area contributed by atoms with Crippen LogP contribution in [0.25, 0.3) is 94.5 Å². The van der Waals surface area contributed by atoms with Crippen LogP contribution in [0.2, 0.25) is 0 Å². The molecule has 5 nitrogen and oxygen atoms in total. The lowest BCUT2D eigenvalue weighted by Gasteiger charge is -2.31. The van der Waals surface area contributed by atoms with Gasteiger partial charge in [0.25, 0.3) is 6.33 Å². The first-order valence-electron chi connectivity index (χ1n) is 25.6. The first-order valence-corrected chi connectivity index (χ1v) is 25.6. The highest BCUT2D eigenvalue weighted by molar-refractivity contribution is 6.09. The molecule has 0 saturated carbocycles. The maximum atomic E-state index is 6.89. The number of para-hydroxylation sites is 3. The first kappa shape index (κ1) is 44.0. The molecule has 0 N–H and O–H groups in total. The summed E-state index contributed by atoms with van der Waals surface area (Å²) in [6, 6.07) is 66.5. The second-order valence-electron chi connectivity index (χ2n) is 22.4. The average Bonchev–Trinajstić information content (AvgIpc) is 3.92. The van der Waals surface area contributed by atoms with Crippen molar-refractivity contribution in [2.24, 2.45) is 0 Å². The van der Waals surface area contributed by atoms with Crippen molar-refractivity contribution >= 4 is 32.8 Å². The lowest BCUT2D eigenvalue weighted by atomic mass is 9.74. The van der Waals surface area contributed by atoms with E-state index in [9.17, 15) is 0 Å². The number of rotatable bonds is 5. The average molecular weight is 935 g/mol. The number of nitrogens with zero attached hydrogens (tertiary/aromatic N) is 4. The summed E-state index contributed by atoms with van der Waals surface area (Å²) in [7, 11) is 0. The Kier molecular flexibility index (Phi) is 9.93. The summed E-state index contributed by atoms with van der Waals surface area (Å²) < 4.78 is 13.7. The zero-order valence-electron chi connectivity index (χ0n) is 42.2. The maximum Gasteiger partial charge on any atom is 0.269 e. The number of imidazole rings is 1. The highest BCUT2D eigenvalue weighted by atomic mass is 16.5. The van der Waals surface area contributed by atoms with E-state index in [1.54, 1.807) is 0 Å². The summed E-state index contributed by atoms with van der Waals surface area (Å²) in [5, 5.41) is 2.33. The Hall–Kier alpha value is -8.02. The standard InChI is InChI=1S/C67H58N4O/c1-65(2,3)44-34-37-68-62(39-44)71-59-28-13-12-24-53(59)54-32-31-47(41-61(54)71)72-46-19-14-18-45(40-46)69-42-70-63-48(43-30-33-57-58(38-43)67(6,7)36-17-35-66(57,4)5)25-15-26-55(63)51-22-10-8-20-49(51)50-21-9-11-23-52(50)56-27-16-29-60(69)64(56)70/h8-16,18-34,37-41H,17,35-36H2,1-7H3. The molecule has 0 atom stereocenters. The molecule has 13 rings (SSSR count). The van der Waals surface area contributed by atoms with Crippen molar-refractivity contribution in [3.05, 3.63) is 211 Å². The van der Waals surface area contributed by atoms with Crippen molar-refractivity contribution in [3.63, 3.8) is 0 Å². The van der Waals surface area contributed by atoms with Crippen LogP contribution in [0.5, 0.6) is 11.5 Å². The summed E-state index contributed by atoms with van der Waals surface area (Å²) >= 11 is 0. The Morgan fingerprint density at radius 1 is 0.528 bits per heavy atom. The van der Waals surface area contributed by atoms with Gasteiger partial charge in [-0.05, 0) is 139 Å². The fraction of sp³-hybridized carbons (Fsp3) is 0.194. The van der Waals surface area contributed by atoms with Crippen molar-refractivity contribution in [1.82, 2.24) is 14.1 Å². The van der Waals surface area contributed by atoms with E-state index < -0.39 is 0 Å². The maximum absolute atomic E-state index is 6.89. The molecule has 72 heavy (non-hydrogen) atoms. The van der Waals surface area contributed by atoms with Crippen LogP contribution in [-0.2, 0) is 16.2 Å². The third-order valence-electron chi connectivity index (χ3n) is 15.9. The zero-order chi connectivity index (χ0) is 49.1. The van der Waals surface area contributed by atoms with E-state index in [2.05, 4.69) is 244 Å². The van der Waals surface area contributed by atoms with E-state index in [1.807, 2.05) is 12.3 Å². The largest absolute Gasteiger partial charge is 0.458 e. The lowest BCUT2D eigenvalue weighted by Crippen LogP contribution is -2.32. The van der Waals surface area contributed by atoms with Crippen molar-refractivity contribution in [1.29, 1.82) is 0 Å². The molecule has 8 aromatic carbocycles. The van der Waals surface area contributed by atoms with Crippen molar-refractivity contribution in [2.45, 2.75) is 84.0 Å². The van der Waals surface area contributed by atoms with E-state index in [0.29, 0.717) is 0 Å². The summed E-state index contributed by atoms with van der Waals surface area (Å²) in [6.07, 6.45) is 9.50. The van der Waals surface area contributed by atoms with Crippen molar-refractivity contribution < 1.29 is 9.30 Å². The van der Waals surface area contributed by atoms with E-state index in [4.69, 9.17) is 9.72 Å². The van der Waals surface area contributed by atoms with Crippen LogP contribution >= 0.6 is 0 Å². The summed E-state index contributed by atoms with van der Waals surface area (Å²) in [5.41, 5.74) is 20.1. The van der Waals surface area contributed by atoms with Crippen LogP contribution < -0.4 is 9.30 Å². The molecule has 2 aliphatic rings. The SMILES string of the molecule is CC(C)(C)c1ccnc(-n2c3ccccc3c3ccc(Oc4cccc(-n5[c-][n+]6c7c(cccc75)-c5ccccc5-c5ccccc5-c5cccc(-c7ccc8c(c7)C(C)(C)CCCC8(C)C)c5-6)c4)cc32)c1. The predicted octanol–water partition coefficient (Wildman–Crippen LogP) is 17.0. The molecule has 0 radical (unpaired) electrons. The fourth-order valence-corrected chi connectivity index (χ4v) is 12.1. The minimum absolute atomic E-state index is 0.0217. The van der Waals surface area contributed by atoms with Crippen LogP contribution in [0.3, 0.4) is 0 Å². The van der Waals surface area contributed by atoms with Gasteiger partial charge < -0.3 is 4.74 Å². The molecule has 0 bridgehead atoms. The number of ether oxygens (including phenoxy) is 1. The van der Waals surface area contributed by atoms with Gasteiger partial charge in [-0.1, -0.05) is 182 Å². The third kappa shape index (κ3) is 7.04. The molecule has 1 aliphatic carbocycles. The van der Waals surface area contributed by atoms with Gasteiger partial charge in [0, 0.05) is 23.0 Å². The molecule has 0 amide bonds. The number of hydrogen-bond donors (Lipinski definition) is 0. The number of hydrogen-bond acceptors (Lipinski definition) is 2. The number of pyridine rings is 1. The highest BCUT2D eigenvalue weighted by Gasteiger charge is 2.35. The summed E-state index contributed by atoms with van der Waals surface area (Å²) in [4.78, 5) is 4.92. The van der Waals surface area contributed by atoms with Crippen molar-refractivity contribution in [2.75, 3.05) is 0 Å². The molecule has 3 aromatic heterocycles. The predicted molar refractivity (Wildman–Crippen MR) is 296 cm³/mol. The normalized spacial score (nSPS) is 14.7. The van der Waals surface area contributed by atoms with E-state index in [0.717, 1.165) is 73.7 Å². The molecule has 1 aliphatic heterocycles. The summed E-state index contributed by atoms with van der Waals surface area (Å²) in [5.74, 6) is 2.37. The molecule has 4 heterocycles. The van der Waals surface area contributed by atoms with Crippen LogP contribution in [-0.4, -0.2) is 14.1 Å². The monoisotopic (exact) mass is 934 g/mol. The molecule has 0 spiro atoms. The second kappa shape index (κ2) is 16.3. The van der Waals surface area contributed by atoms with Crippen LogP contribution in [0.4, 0.5) is 0 Å². The molecule has 11 aromatic rings. The van der Waals surface area contributed by atoms with Crippen LogP contribution in [0, 0.1) is 6.33 Å².